The number of para-hydroxylation sites is 1. The Morgan fingerprint density at radius 3 is 2.54 bits per heavy atom. The summed E-state index contributed by atoms with van der Waals surface area (Å²) < 4.78 is 4.74. The third kappa shape index (κ3) is 4.52. The quantitative estimate of drug-likeness (QED) is 0.599. The fourth-order valence-corrected chi connectivity index (χ4v) is 1.99. The van der Waals surface area contributed by atoms with E-state index in [4.69, 9.17) is 4.74 Å². The summed E-state index contributed by atoms with van der Waals surface area (Å²) in [5, 5.41) is 5.75. The van der Waals surface area contributed by atoms with Crippen LogP contribution < -0.4 is 10.6 Å². The van der Waals surface area contributed by atoms with Gasteiger partial charge in [-0.1, -0.05) is 25.5 Å². The van der Waals surface area contributed by atoms with Crippen molar-refractivity contribution in [3.05, 3.63) is 47.8 Å². The second kappa shape index (κ2) is 8.61. The van der Waals surface area contributed by atoms with Crippen LogP contribution in [0.4, 0.5) is 11.6 Å². The number of amides is 1. The summed E-state index contributed by atoms with van der Waals surface area (Å²) in [6.45, 7) is 2.68. The Morgan fingerprint density at radius 2 is 1.88 bits per heavy atom. The first-order chi connectivity index (χ1) is 11.7. The maximum atomic E-state index is 11.9. The molecule has 0 saturated heterocycles. The van der Waals surface area contributed by atoms with E-state index in [1.165, 1.54) is 19.5 Å². The molecule has 7 heteroatoms. The van der Waals surface area contributed by atoms with Crippen molar-refractivity contribution in [2.24, 2.45) is 0 Å². The van der Waals surface area contributed by atoms with Crippen LogP contribution in [0.2, 0.25) is 0 Å². The zero-order valence-electron chi connectivity index (χ0n) is 13.7. The van der Waals surface area contributed by atoms with Gasteiger partial charge in [-0.25, -0.2) is 14.8 Å². The third-order valence-electron chi connectivity index (χ3n) is 3.31. The van der Waals surface area contributed by atoms with Crippen molar-refractivity contribution >= 4 is 23.5 Å². The van der Waals surface area contributed by atoms with Gasteiger partial charge < -0.3 is 15.4 Å². The number of unbranched alkanes of at least 4 members (excludes halogenated alkanes) is 1. The standard InChI is InChI=1S/C17H20N4O3/c1-3-4-9-18-15(22)12-10-19-17(20-11-12)21-14-8-6-5-7-13(14)16(23)24-2/h5-8,10-11H,3-4,9H2,1-2H3,(H,18,22)(H,19,20,21). The summed E-state index contributed by atoms with van der Waals surface area (Å²) in [6.07, 6.45) is 4.82. The second-order valence-electron chi connectivity index (χ2n) is 5.07. The molecule has 126 valence electrons. The fourth-order valence-electron chi connectivity index (χ4n) is 1.99. The molecule has 1 heterocycles. The number of rotatable bonds is 7. The number of nitrogens with zero attached hydrogens (tertiary/aromatic N) is 2. The number of hydrogen-bond acceptors (Lipinski definition) is 6. The van der Waals surface area contributed by atoms with E-state index < -0.39 is 5.97 Å². The van der Waals surface area contributed by atoms with Gasteiger partial charge in [-0.15, -0.1) is 0 Å². The average molecular weight is 328 g/mol. The van der Waals surface area contributed by atoms with Crippen molar-refractivity contribution in [2.75, 3.05) is 19.0 Å². The molecular formula is C17H20N4O3. The number of methoxy groups -OCH3 is 1. The van der Waals surface area contributed by atoms with Crippen LogP contribution in [0.5, 0.6) is 0 Å². The molecule has 0 aliphatic rings. The topological polar surface area (TPSA) is 93.2 Å². The molecule has 7 nitrogen and oxygen atoms in total. The Bertz CT molecular complexity index is 701. The van der Waals surface area contributed by atoms with Crippen LogP contribution in [0.3, 0.4) is 0 Å². The smallest absolute Gasteiger partial charge is 0.339 e. The molecule has 1 amide bonds. The molecule has 0 aliphatic carbocycles. The van der Waals surface area contributed by atoms with Crippen LogP contribution in [0.15, 0.2) is 36.7 Å². The Labute approximate surface area is 140 Å². The van der Waals surface area contributed by atoms with Crippen molar-refractivity contribution in [3.63, 3.8) is 0 Å². The lowest BCUT2D eigenvalue weighted by atomic mass is 10.2. The molecule has 0 aliphatic heterocycles. The number of carbonyl (C=O) groups excluding carboxylic acids is 2. The first kappa shape index (κ1) is 17.4. The predicted molar refractivity (Wildman–Crippen MR) is 90.3 cm³/mol. The van der Waals surface area contributed by atoms with E-state index in [0.717, 1.165) is 12.8 Å². The Balaban J connectivity index is 2.07. The number of nitrogens with one attached hydrogen (secondary N) is 2. The van der Waals surface area contributed by atoms with Crippen LogP contribution in [-0.2, 0) is 4.74 Å². The van der Waals surface area contributed by atoms with Gasteiger partial charge in [-0.3, -0.25) is 4.79 Å². The number of hydrogen-bond donors (Lipinski definition) is 2. The summed E-state index contributed by atoms with van der Waals surface area (Å²) in [5.74, 6) is -0.369. The van der Waals surface area contributed by atoms with Gasteiger partial charge in [0.05, 0.1) is 23.9 Å². The highest BCUT2D eigenvalue weighted by Crippen LogP contribution is 2.19. The summed E-state index contributed by atoms with van der Waals surface area (Å²) in [7, 11) is 1.32. The van der Waals surface area contributed by atoms with Crippen LogP contribution in [0.25, 0.3) is 0 Å². The van der Waals surface area contributed by atoms with Crippen molar-refractivity contribution in [3.8, 4) is 0 Å². The molecule has 0 atom stereocenters. The lowest BCUT2D eigenvalue weighted by Gasteiger charge is -2.09. The van der Waals surface area contributed by atoms with Gasteiger partial charge in [-0.2, -0.15) is 0 Å². The van der Waals surface area contributed by atoms with Gasteiger partial charge in [0.25, 0.3) is 5.91 Å². The molecule has 0 fully saturated rings. The normalized spacial score (nSPS) is 10.1. The lowest BCUT2D eigenvalue weighted by Crippen LogP contribution is -2.24. The fraction of sp³-hybridized carbons (Fsp3) is 0.294. The van der Waals surface area contributed by atoms with Gasteiger partial charge in [-0.05, 0) is 18.6 Å². The summed E-state index contributed by atoms with van der Waals surface area (Å²) >= 11 is 0. The third-order valence-corrected chi connectivity index (χ3v) is 3.31. The van der Waals surface area contributed by atoms with E-state index in [2.05, 4.69) is 27.5 Å². The van der Waals surface area contributed by atoms with Gasteiger partial charge in [0.2, 0.25) is 5.95 Å². The minimum absolute atomic E-state index is 0.204. The maximum absolute atomic E-state index is 11.9. The molecule has 2 N–H and O–H groups in total. The van der Waals surface area contributed by atoms with E-state index in [9.17, 15) is 9.59 Å². The summed E-state index contributed by atoms with van der Waals surface area (Å²) in [5.41, 5.74) is 1.30. The highest BCUT2D eigenvalue weighted by atomic mass is 16.5. The molecule has 2 aromatic rings. The molecule has 24 heavy (non-hydrogen) atoms. The van der Waals surface area contributed by atoms with E-state index in [0.29, 0.717) is 23.4 Å². The molecule has 1 aromatic carbocycles. The second-order valence-corrected chi connectivity index (χ2v) is 5.07. The minimum atomic E-state index is -0.454. The average Bonchev–Trinajstić information content (AvgIpc) is 2.62. The number of carbonyl (C=O) groups is 2. The zero-order valence-corrected chi connectivity index (χ0v) is 13.7. The van der Waals surface area contributed by atoms with Crippen molar-refractivity contribution < 1.29 is 14.3 Å². The van der Waals surface area contributed by atoms with Crippen molar-refractivity contribution in [1.82, 2.24) is 15.3 Å². The molecule has 0 radical (unpaired) electrons. The number of ether oxygens (including phenoxy) is 1. The van der Waals surface area contributed by atoms with Crippen LogP contribution >= 0.6 is 0 Å². The first-order valence-electron chi connectivity index (χ1n) is 7.70. The molecule has 0 saturated carbocycles. The van der Waals surface area contributed by atoms with Gasteiger partial charge >= 0.3 is 5.97 Å². The Kier molecular flexibility index (Phi) is 6.24. The molecule has 0 bridgehead atoms. The SMILES string of the molecule is CCCCNC(=O)c1cnc(Nc2ccccc2C(=O)OC)nc1. The van der Waals surface area contributed by atoms with Gasteiger partial charge in [0, 0.05) is 18.9 Å². The summed E-state index contributed by atoms with van der Waals surface area (Å²) in [6, 6.07) is 6.89. The number of anilines is 2. The van der Waals surface area contributed by atoms with Crippen LogP contribution in [-0.4, -0.2) is 35.5 Å². The van der Waals surface area contributed by atoms with Crippen molar-refractivity contribution in [1.29, 1.82) is 0 Å². The van der Waals surface area contributed by atoms with E-state index in [-0.39, 0.29) is 11.9 Å². The maximum Gasteiger partial charge on any atom is 0.339 e. The molecule has 1 aromatic heterocycles. The van der Waals surface area contributed by atoms with Crippen molar-refractivity contribution in [2.45, 2.75) is 19.8 Å². The molecule has 0 unspecified atom stereocenters. The van der Waals surface area contributed by atoms with E-state index >= 15 is 0 Å². The summed E-state index contributed by atoms with van der Waals surface area (Å²) in [4.78, 5) is 31.9. The van der Waals surface area contributed by atoms with Gasteiger partial charge in [0.1, 0.15) is 0 Å². The van der Waals surface area contributed by atoms with Crippen LogP contribution in [0, 0.1) is 0 Å². The van der Waals surface area contributed by atoms with Crippen LogP contribution in [0.1, 0.15) is 40.5 Å². The minimum Gasteiger partial charge on any atom is -0.465 e. The number of aromatic nitrogens is 2. The van der Waals surface area contributed by atoms with E-state index in [1.807, 2.05) is 0 Å². The Hall–Kier alpha value is -2.96. The highest BCUT2D eigenvalue weighted by molar-refractivity contribution is 5.96. The highest BCUT2D eigenvalue weighted by Gasteiger charge is 2.12. The lowest BCUT2D eigenvalue weighted by molar-refractivity contribution is 0.0601. The molecular weight excluding hydrogens is 308 g/mol. The number of esters is 1. The number of benzene rings is 1. The molecule has 0 spiro atoms. The zero-order chi connectivity index (χ0) is 17.4. The molecule has 2 rings (SSSR count). The predicted octanol–water partition coefficient (Wildman–Crippen LogP) is 2.54. The first-order valence-corrected chi connectivity index (χ1v) is 7.70. The largest absolute Gasteiger partial charge is 0.465 e. The monoisotopic (exact) mass is 328 g/mol. The van der Waals surface area contributed by atoms with Gasteiger partial charge in [0.15, 0.2) is 0 Å². The van der Waals surface area contributed by atoms with E-state index in [1.54, 1.807) is 24.3 Å². The Morgan fingerprint density at radius 1 is 1.17 bits per heavy atom.